The van der Waals surface area contributed by atoms with Crippen LogP contribution in [-0.2, 0) is 18.7 Å². The summed E-state index contributed by atoms with van der Waals surface area (Å²) in [4.78, 5) is 4.76. The Hall–Kier alpha value is -1.51. The SMILES string of the molecule is ClCc1c(-c2ccc3c(c2)CCCC3)nc2ccc(Cl)cn12. The highest BCUT2D eigenvalue weighted by Gasteiger charge is 2.16. The van der Waals surface area contributed by atoms with Crippen LogP contribution in [0.15, 0.2) is 36.5 Å². The van der Waals surface area contributed by atoms with E-state index < -0.39 is 0 Å². The third-order valence-corrected chi connectivity index (χ3v) is 4.91. The molecule has 112 valence electrons. The summed E-state index contributed by atoms with van der Waals surface area (Å²) < 4.78 is 1.99. The summed E-state index contributed by atoms with van der Waals surface area (Å²) in [5.41, 5.74) is 6.93. The van der Waals surface area contributed by atoms with Gasteiger partial charge in [0.15, 0.2) is 0 Å². The molecule has 4 rings (SSSR count). The lowest BCUT2D eigenvalue weighted by atomic mass is 9.90. The quantitative estimate of drug-likeness (QED) is 0.585. The summed E-state index contributed by atoms with van der Waals surface area (Å²) in [6.07, 6.45) is 6.81. The largest absolute Gasteiger partial charge is 0.301 e. The molecule has 0 spiro atoms. The summed E-state index contributed by atoms with van der Waals surface area (Å²) in [6.45, 7) is 0. The van der Waals surface area contributed by atoms with Gasteiger partial charge in [-0.3, -0.25) is 0 Å². The molecule has 0 unspecified atom stereocenters. The topological polar surface area (TPSA) is 17.3 Å². The number of pyridine rings is 1. The monoisotopic (exact) mass is 330 g/mol. The van der Waals surface area contributed by atoms with Crippen LogP contribution in [0.1, 0.15) is 29.7 Å². The van der Waals surface area contributed by atoms with E-state index in [0.717, 1.165) is 22.6 Å². The Morgan fingerprint density at radius 3 is 2.68 bits per heavy atom. The second kappa shape index (κ2) is 5.60. The van der Waals surface area contributed by atoms with Crippen molar-refractivity contribution in [2.75, 3.05) is 0 Å². The zero-order valence-electron chi connectivity index (χ0n) is 12.1. The van der Waals surface area contributed by atoms with Crippen molar-refractivity contribution in [1.29, 1.82) is 0 Å². The maximum atomic E-state index is 6.19. The van der Waals surface area contributed by atoms with E-state index in [1.54, 1.807) is 0 Å². The first-order valence-corrected chi connectivity index (χ1v) is 8.52. The zero-order valence-corrected chi connectivity index (χ0v) is 13.7. The van der Waals surface area contributed by atoms with Gasteiger partial charge >= 0.3 is 0 Å². The second-order valence-electron chi connectivity index (χ2n) is 5.81. The fraction of sp³-hybridized carbons (Fsp3) is 0.278. The van der Waals surface area contributed by atoms with Crippen LogP contribution in [0.4, 0.5) is 0 Å². The Labute approximate surface area is 139 Å². The first-order chi connectivity index (χ1) is 10.8. The molecule has 0 saturated carbocycles. The van der Waals surface area contributed by atoms with E-state index in [1.807, 2.05) is 22.7 Å². The number of hydrogen-bond acceptors (Lipinski definition) is 1. The number of hydrogen-bond donors (Lipinski definition) is 0. The summed E-state index contributed by atoms with van der Waals surface area (Å²) in [5, 5.41) is 0.688. The van der Waals surface area contributed by atoms with E-state index in [2.05, 4.69) is 18.2 Å². The van der Waals surface area contributed by atoms with Crippen molar-refractivity contribution in [2.24, 2.45) is 0 Å². The minimum atomic E-state index is 0.411. The van der Waals surface area contributed by atoms with Crippen molar-refractivity contribution >= 4 is 28.8 Å². The van der Waals surface area contributed by atoms with Crippen LogP contribution in [0.3, 0.4) is 0 Å². The summed E-state index contributed by atoms with van der Waals surface area (Å²) in [6, 6.07) is 10.5. The molecule has 0 atom stereocenters. The number of rotatable bonds is 2. The molecule has 2 heterocycles. The van der Waals surface area contributed by atoms with E-state index in [0.29, 0.717) is 10.9 Å². The van der Waals surface area contributed by atoms with Crippen LogP contribution in [0.5, 0.6) is 0 Å². The van der Waals surface area contributed by atoms with Gasteiger partial charge in [0.2, 0.25) is 0 Å². The molecule has 1 aromatic carbocycles. The molecular formula is C18H16Cl2N2. The fourth-order valence-corrected chi connectivity index (χ4v) is 3.72. The summed E-state index contributed by atoms with van der Waals surface area (Å²) in [5.74, 6) is 0.411. The molecule has 22 heavy (non-hydrogen) atoms. The lowest BCUT2D eigenvalue weighted by Gasteiger charge is -2.16. The van der Waals surface area contributed by atoms with E-state index >= 15 is 0 Å². The third kappa shape index (κ3) is 2.31. The number of aromatic nitrogens is 2. The van der Waals surface area contributed by atoms with Gasteiger partial charge in [-0.25, -0.2) is 4.98 Å². The fourth-order valence-electron chi connectivity index (χ4n) is 3.31. The Kier molecular flexibility index (Phi) is 3.59. The maximum absolute atomic E-state index is 6.19. The lowest BCUT2D eigenvalue weighted by Crippen LogP contribution is -2.02. The van der Waals surface area contributed by atoms with Crippen LogP contribution in [0.2, 0.25) is 5.02 Å². The number of imidazole rings is 1. The van der Waals surface area contributed by atoms with Gasteiger partial charge in [-0.15, -0.1) is 11.6 Å². The average Bonchev–Trinajstić information content (AvgIpc) is 2.92. The molecule has 0 saturated heterocycles. The predicted molar refractivity (Wildman–Crippen MR) is 91.8 cm³/mol. The first-order valence-electron chi connectivity index (χ1n) is 7.61. The smallest absolute Gasteiger partial charge is 0.137 e. The molecule has 0 amide bonds. The van der Waals surface area contributed by atoms with Crippen LogP contribution < -0.4 is 0 Å². The molecule has 2 nitrogen and oxygen atoms in total. The van der Waals surface area contributed by atoms with Crippen LogP contribution >= 0.6 is 23.2 Å². The molecule has 1 aliphatic rings. The highest BCUT2D eigenvalue weighted by Crippen LogP contribution is 2.30. The number of benzene rings is 1. The van der Waals surface area contributed by atoms with Crippen molar-refractivity contribution in [3.05, 3.63) is 58.4 Å². The predicted octanol–water partition coefficient (Wildman–Crippen LogP) is 5.27. The molecule has 2 aromatic heterocycles. The van der Waals surface area contributed by atoms with Crippen molar-refractivity contribution in [2.45, 2.75) is 31.6 Å². The lowest BCUT2D eigenvalue weighted by molar-refractivity contribution is 0.686. The second-order valence-corrected chi connectivity index (χ2v) is 6.51. The molecule has 0 fully saturated rings. The molecule has 4 heteroatoms. The van der Waals surface area contributed by atoms with E-state index in [1.165, 1.54) is 36.8 Å². The third-order valence-electron chi connectivity index (χ3n) is 4.43. The molecule has 3 aromatic rings. The number of aryl methyl sites for hydroxylation is 2. The molecule has 0 N–H and O–H groups in total. The van der Waals surface area contributed by atoms with Gasteiger partial charge < -0.3 is 4.40 Å². The number of fused-ring (bicyclic) bond motifs is 2. The van der Waals surface area contributed by atoms with Gasteiger partial charge in [0.1, 0.15) is 5.65 Å². The normalized spacial score (nSPS) is 14.3. The van der Waals surface area contributed by atoms with Crippen LogP contribution in [0, 0.1) is 0 Å². The van der Waals surface area contributed by atoms with Gasteiger partial charge in [0.25, 0.3) is 0 Å². The van der Waals surface area contributed by atoms with Crippen molar-refractivity contribution in [1.82, 2.24) is 9.38 Å². The average molecular weight is 331 g/mol. The highest BCUT2D eigenvalue weighted by atomic mass is 35.5. The van der Waals surface area contributed by atoms with Crippen LogP contribution in [-0.4, -0.2) is 9.38 Å². The Morgan fingerprint density at radius 2 is 1.86 bits per heavy atom. The standard InChI is InChI=1S/C18H16Cl2N2/c19-10-16-18(21-17-8-7-15(20)11-22(16)17)14-6-5-12-3-1-2-4-13(12)9-14/h5-9,11H,1-4,10H2. The highest BCUT2D eigenvalue weighted by molar-refractivity contribution is 6.30. The number of nitrogens with zero attached hydrogens (tertiary/aromatic N) is 2. The summed E-state index contributed by atoms with van der Waals surface area (Å²) in [7, 11) is 0. The van der Waals surface area contributed by atoms with E-state index in [9.17, 15) is 0 Å². The van der Waals surface area contributed by atoms with Gasteiger partial charge in [0, 0.05) is 11.8 Å². The molecule has 0 radical (unpaired) electrons. The maximum Gasteiger partial charge on any atom is 0.137 e. The Balaban J connectivity index is 1.90. The van der Waals surface area contributed by atoms with Crippen LogP contribution in [0.25, 0.3) is 16.9 Å². The summed E-state index contributed by atoms with van der Waals surface area (Å²) >= 11 is 12.3. The van der Waals surface area contributed by atoms with Crippen molar-refractivity contribution < 1.29 is 0 Å². The van der Waals surface area contributed by atoms with Crippen molar-refractivity contribution in [3.8, 4) is 11.3 Å². The number of halogens is 2. The molecule has 0 aliphatic heterocycles. The minimum Gasteiger partial charge on any atom is -0.301 e. The van der Waals surface area contributed by atoms with Gasteiger partial charge in [0.05, 0.1) is 22.3 Å². The zero-order chi connectivity index (χ0) is 15.1. The Bertz CT molecular complexity index is 852. The van der Waals surface area contributed by atoms with Gasteiger partial charge in [-0.2, -0.15) is 0 Å². The molecule has 0 bridgehead atoms. The number of alkyl halides is 1. The molecule has 1 aliphatic carbocycles. The molecular weight excluding hydrogens is 315 g/mol. The van der Waals surface area contributed by atoms with Gasteiger partial charge in [-0.1, -0.05) is 23.7 Å². The first kappa shape index (κ1) is 14.1. The van der Waals surface area contributed by atoms with E-state index in [4.69, 9.17) is 28.2 Å². The van der Waals surface area contributed by atoms with Crippen molar-refractivity contribution in [3.63, 3.8) is 0 Å². The Morgan fingerprint density at radius 1 is 1.05 bits per heavy atom. The van der Waals surface area contributed by atoms with Gasteiger partial charge in [-0.05, 0) is 55.0 Å². The van der Waals surface area contributed by atoms with E-state index in [-0.39, 0.29) is 0 Å². The minimum absolute atomic E-state index is 0.411.